The van der Waals surface area contributed by atoms with Crippen LogP contribution >= 0.6 is 0 Å². The second kappa shape index (κ2) is 7.69. The SMILES string of the molecule is O=[N+]([O-])c1ccc(OCCCN2CCCCC2)cc1[N+](=O)[O-]. The van der Waals surface area contributed by atoms with Gasteiger partial charge in [-0.2, -0.15) is 0 Å². The number of piperidine rings is 1. The lowest BCUT2D eigenvalue weighted by Gasteiger charge is -2.26. The van der Waals surface area contributed by atoms with Gasteiger partial charge in [0.05, 0.1) is 22.5 Å². The fourth-order valence-corrected chi connectivity index (χ4v) is 2.55. The summed E-state index contributed by atoms with van der Waals surface area (Å²) in [5.41, 5.74) is -1.07. The molecule has 1 aromatic carbocycles. The summed E-state index contributed by atoms with van der Waals surface area (Å²) >= 11 is 0. The third-order valence-corrected chi connectivity index (χ3v) is 3.68. The minimum absolute atomic E-state index is 0.288. The lowest BCUT2D eigenvalue weighted by atomic mass is 10.1. The molecule has 0 aliphatic carbocycles. The molecule has 1 aromatic rings. The normalized spacial score (nSPS) is 15.5. The summed E-state index contributed by atoms with van der Waals surface area (Å²) < 4.78 is 5.47. The molecular formula is C14H19N3O5. The van der Waals surface area contributed by atoms with Crippen LogP contribution in [0.15, 0.2) is 18.2 Å². The molecule has 1 aliphatic heterocycles. The lowest BCUT2D eigenvalue weighted by Crippen LogP contribution is -2.31. The van der Waals surface area contributed by atoms with Gasteiger partial charge in [0.2, 0.25) is 0 Å². The van der Waals surface area contributed by atoms with Crippen LogP contribution in [0, 0.1) is 20.2 Å². The van der Waals surface area contributed by atoms with E-state index in [0.717, 1.165) is 38.2 Å². The van der Waals surface area contributed by atoms with Gasteiger partial charge in [0.25, 0.3) is 0 Å². The van der Waals surface area contributed by atoms with Gasteiger partial charge in [0.1, 0.15) is 5.75 Å². The molecule has 0 radical (unpaired) electrons. The standard InChI is InChI=1S/C14H19N3O5/c18-16(19)13-6-5-12(11-14(13)17(20)21)22-10-4-9-15-7-2-1-3-8-15/h5-6,11H,1-4,7-10H2. The van der Waals surface area contributed by atoms with Gasteiger partial charge in [-0.25, -0.2) is 0 Å². The summed E-state index contributed by atoms with van der Waals surface area (Å²) in [7, 11) is 0. The molecule has 1 heterocycles. The zero-order valence-corrected chi connectivity index (χ0v) is 12.3. The van der Waals surface area contributed by atoms with E-state index in [4.69, 9.17) is 4.74 Å². The van der Waals surface area contributed by atoms with E-state index >= 15 is 0 Å². The Bertz CT molecular complexity index is 543. The zero-order valence-electron chi connectivity index (χ0n) is 12.3. The molecular weight excluding hydrogens is 290 g/mol. The van der Waals surface area contributed by atoms with Gasteiger partial charge in [-0.15, -0.1) is 0 Å². The van der Waals surface area contributed by atoms with Crippen molar-refractivity contribution in [3.8, 4) is 5.75 Å². The Balaban J connectivity index is 1.86. The molecule has 1 fully saturated rings. The smallest absolute Gasteiger partial charge is 0.349 e. The molecule has 8 heteroatoms. The van der Waals surface area contributed by atoms with E-state index in [0.29, 0.717) is 6.61 Å². The first-order valence-corrected chi connectivity index (χ1v) is 7.36. The molecule has 1 saturated heterocycles. The van der Waals surface area contributed by atoms with E-state index in [-0.39, 0.29) is 5.75 Å². The molecule has 2 rings (SSSR count). The summed E-state index contributed by atoms with van der Waals surface area (Å²) in [6.07, 6.45) is 4.58. The molecule has 0 spiro atoms. The third kappa shape index (κ3) is 4.39. The predicted octanol–water partition coefficient (Wildman–Crippen LogP) is 2.76. The van der Waals surface area contributed by atoms with Crippen molar-refractivity contribution < 1.29 is 14.6 Å². The highest BCUT2D eigenvalue weighted by atomic mass is 16.6. The molecule has 0 unspecified atom stereocenters. The van der Waals surface area contributed by atoms with Crippen LogP contribution in [0.2, 0.25) is 0 Å². The highest BCUT2D eigenvalue weighted by Crippen LogP contribution is 2.30. The van der Waals surface area contributed by atoms with E-state index in [1.165, 1.54) is 25.3 Å². The van der Waals surface area contributed by atoms with Crippen molar-refractivity contribution in [2.45, 2.75) is 25.7 Å². The minimum atomic E-state index is -0.766. The summed E-state index contributed by atoms with van der Waals surface area (Å²) in [5.74, 6) is 0.288. The topological polar surface area (TPSA) is 98.8 Å². The molecule has 120 valence electrons. The van der Waals surface area contributed by atoms with Gasteiger partial charge in [0, 0.05) is 12.6 Å². The van der Waals surface area contributed by atoms with Crippen LogP contribution in [0.1, 0.15) is 25.7 Å². The van der Waals surface area contributed by atoms with Crippen molar-refractivity contribution in [1.82, 2.24) is 4.90 Å². The maximum Gasteiger partial charge on any atom is 0.349 e. The Morgan fingerprint density at radius 2 is 1.73 bits per heavy atom. The highest BCUT2D eigenvalue weighted by Gasteiger charge is 2.24. The Morgan fingerprint density at radius 1 is 1.05 bits per heavy atom. The van der Waals surface area contributed by atoms with Crippen LogP contribution in [0.3, 0.4) is 0 Å². The number of hydrogen-bond donors (Lipinski definition) is 0. The van der Waals surface area contributed by atoms with Gasteiger partial charge in [-0.3, -0.25) is 20.2 Å². The van der Waals surface area contributed by atoms with E-state index < -0.39 is 21.2 Å². The first kappa shape index (κ1) is 16.2. The van der Waals surface area contributed by atoms with Gasteiger partial charge in [0.15, 0.2) is 0 Å². The second-order valence-electron chi connectivity index (χ2n) is 5.27. The number of rotatable bonds is 7. The first-order valence-electron chi connectivity index (χ1n) is 7.36. The van der Waals surface area contributed by atoms with E-state index in [2.05, 4.69) is 4.90 Å². The maximum absolute atomic E-state index is 10.9. The van der Waals surface area contributed by atoms with Crippen LogP contribution in [-0.2, 0) is 0 Å². The van der Waals surface area contributed by atoms with E-state index in [9.17, 15) is 20.2 Å². The van der Waals surface area contributed by atoms with Crippen molar-refractivity contribution in [2.75, 3.05) is 26.2 Å². The molecule has 0 saturated carbocycles. The van der Waals surface area contributed by atoms with Crippen LogP contribution < -0.4 is 4.74 Å². The average Bonchev–Trinajstić information content (AvgIpc) is 2.52. The molecule has 0 aromatic heterocycles. The van der Waals surface area contributed by atoms with Crippen LogP contribution in [-0.4, -0.2) is 41.0 Å². The monoisotopic (exact) mass is 309 g/mol. The fourth-order valence-electron chi connectivity index (χ4n) is 2.55. The number of likely N-dealkylation sites (tertiary alicyclic amines) is 1. The van der Waals surface area contributed by atoms with Gasteiger partial charge in [-0.1, -0.05) is 6.42 Å². The van der Waals surface area contributed by atoms with Gasteiger partial charge < -0.3 is 9.64 Å². The molecule has 0 N–H and O–H groups in total. The summed E-state index contributed by atoms with van der Waals surface area (Å²) in [6.45, 7) is 3.60. The number of hydrogen-bond acceptors (Lipinski definition) is 6. The molecule has 0 amide bonds. The largest absolute Gasteiger partial charge is 0.493 e. The van der Waals surface area contributed by atoms with Crippen LogP contribution in [0.4, 0.5) is 11.4 Å². The van der Waals surface area contributed by atoms with E-state index in [1.807, 2.05) is 0 Å². The molecule has 0 bridgehead atoms. The van der Waals surface area contributed by atoms with Crippen molar-refractivity contribution in [3.05, 3.63) is 38.4 Å². The Kier molecular flexibility index (Phi) is 5.65. The summed E-state index contributed by atoms with van der Waals surface area (Å²) in [4.78, 5) is 22.4. The summed E-state index contributed by atoms with van der Waals surface area (Å²) in [5, 5.41) is 21.6. The number of nitrogens with zero attached hydrogens (tertiary/aromatic N) is 3. The zero-order chi connectivity index (χ0) is 15.9. The van der Waals surface area contributed by atoms with Crippen molar-refractivity contribution in [2.24, 2.45) is 0 Å². The van der Waals surface area contributed by atoms with Crippen LogP contribution in [0.5, 0.6) is 5.75 Å². The minimum Gasteiger partial charge on any atom is -0.493 e. The molecule has 1 aliphatic rings. The van der Waals surface area contributed by atoms with E-state index in [1.54, 1.807) is 0 Å². The predicted molar refractivity (Wildman–Crippen MR) is 80.2 cm³/mol. The van der Waals surface area contributed by atoms with Gasteiger partial charge in [-0.05, 0) is 38.4 Å². The summed E-state index contributed by atoms with van der Waals surface area (Å²) in [6, 6.07) is 3.61. The molecule has 8 nitrogen and oxygen atoms in total. The Morgan fingerprint density at radius 3 is 2.36 bits per heavy atom. The molecule has 0 atom stereocenters. The van der Waals surface area contributed by atoms with Crippen molar-refractivity contribution >= 4 is 11.4 Å². The number of nitro groups is 2. The Hall–Kier alpha value is -2.22. The highest BCUT2D eigenvalue weighted by molar-refractivity contribution is 5.55. The average molecular weight is 309 g/mol. The second-order valence-corrected chi connectivity index (χ2v) is 5.27. The Labute approximate surface area is 128 Å². The number of nitro benzene ring substituents is 2. The van der Waals surface area contributed by atoms with Crippen molar-refractivity contribution in [1.29, 1.82) is 0 Å². The van der Waals surface area contributed by atoms with Crippen LogP contribution in [0.25, 0.3) is 0 Å². The lowest BCUT2D eigenvalue weighted by molar-refractivity contribution is -0.422. The molecule has 22 heavy (non-hydrogen) atoms. The van der Waals surface area contributed by atoms with Gasteiger partial charge >= 0.3 is 11.4 Å². The fraction of sp³-hybridized carbons (Fsp3) is 0.571. The van der Waals surface area contributed by atoms with Crippen molar-refractivity contribution in [3.63, 3.8) is 0 Å². The number of ether oxygens (including phenoxy) is 1. The maximum atomic E-state index is 10.9. The third-order valence-electron chi connectivity index (χ3n) is 3.68. The quantitative estimate of drug-likeness (QED) is 0.436. The number of benzene rings is 1. The first-order chi connectivity index (χ1) is 10.6.